The Morgan fingerprint density at radius 3 is 2.00 bits per heavy atom. The Labute approximate surface area is 237 Å². The average molecular weight is 548 g/mol. The SMILES string of the molecule is CCCCN(Cc1ccc(OCc2ccccc2)cc1)C(=O)COc1ccc(C[C@](CC)(OCC)C(=O)O)cc1. The summed E-state index contributed by atoms with van der Waals surface area (Å²) in [5.41, 5.74) is 1.71. The Balaban J connectivity index is 1.55. The molecule has 3 aromatic rings. The van der Waals surface area contributed by atoms with Crippen molar-refractivity contribution in [2.45, 2.75) is 65.2 Å². The molecule has 3 aromatic carbocycles. The minimum atomic E-state index is -1.25. The van der Waals surface area contributed by atoms with E-state index in [-0.39, 0.29) is 18.9 Å². The summed E-state index contributed by atoms with van der Waals surface area (Å²) in [6.07, 6.45) is 2.50. The zero-order chi connectivity index (χ0) is 28.8. The molecule has 1 atom stereocenters. The smallest absolute Gasteiger partial charge is 0.336 e. The molecule has 1 amide bonds. The van der Waals surface area contributed by atoms with Crippen LogP contribution in [0.2, 0.25) is 0 Å². The summed E-state index contributed by atoms with van der Waals surface area (Å²) in [6.45, 7) is 7.60. The van der Waals surface area contributed by atoms with Crippen LogP contribution in [0.15, 0.2) is 78.9 Å². The van der Waals surface area contributed by atoms with Gasteiger partial charge in [-0.05, 0) is 60.7 Å². The highest BCUT2D eigenvalue weighted by atomic mass is 16.5. The molecule has 0 aromatic heterocycles. The quantitative estimate of drug-likeness (QED) is 0.214. The molecule has 7 heteroatoms. The molecule has 214 valence electrons. The highest BCUT2D eigenvalue weighted by Gasteiger charge is 2.37. The molecular formula is C33H41NO6. The second-order valence-corrected chi connectivity index (χ2v) is 9.78. The lowest BCUT2D eigenvalue weighted by Gasteiger charge is -2.28. The molecule has 40 heavy (non-hydrogen) atoms. The van der Waals surface area contributed by atoms with Crippen LogP contribution in [0.5, 0.6) is 11.5 Å². The van der Waals surface area contributed by atoms with Gasteiger partial charge in [-0.1, -0.05) is 74.9 Å². The molecule has 0 saturated heterocycles. The van der Waals surface area contributed by atoms with Crippen molar-refractivity contribution in [3.05, 3.63) is 95.6 Å². The molecule has 0 bridgehead atoms. The number of aliphatic carboxylic acids is 1. The van der Waals surface area contributed by atoms with Gasteiger partial charge in [0.15, 0.2) is 12.2 Å². The van der Waals surface area contributed by atoms with Crippen molar-refractivity contribution in [3.8, 4) is 11.5 Å². The van der Waals surface area contributed by atoms with Crippen LogP contribution in [0.1, 0.15) is 56.7 Å². The van der Waals surface area contributed by atoms with Crippen molar-refractivity contribution < 1.29 is 28.9 Å². The third-order valence-electron chi connectivity index (χ3n) is 6.84. The standard InChI is InChI=1S/C33H41NO6/c1-4-7-21-34(23-27-15-19-29(20-16-27)38-24-28-11-9-8-10-12-28)31(35)25-39-30-17-13-26(14-18-30)22-33(5-2,32(36)37)40-6-3/h8-20H,4-7,21-25H2,1-3H3,(H,36,37)/t33-/m0/s1. The van der Waals surface area contributed by atoms with Crippen molar-refractivity contribution in [1.29, 1.82) is 0 Å². The van der Waals surface area contributed by atoms with Crippen LogP contribution in [-0.4, -0.2) is 47.2 Å². The fourth-order valence-electron chi connectivity index (χ4n) is 4.41. The van der Waals surface area contributed by atoms with E-state index in [1.807, 2.05) is 78.6 Å². The third kappa shape index (κ3) is 9.12. The minimum absolute atomic E-state index is 0.0751. The molecule has 3 rings (SSSR count). The maximum atomic E-state index is 13.1. The Morgan fingerprint density at radius 2 is 1.43 bits per heavy atom. The van der Waals surface area contributed by atoms with Crippen LogP contribution in [0.3, 0.4) is 0 Å². The van der Waals surface area contributed by atoms with Crippen molar-refractivity contribution in [2.75, 3.05) is 19.8 Å². The minimum Gasteiger partial charge on any atom is -0.489 e. The van der Waals surface area contributed by atoms with Gasteiger partial charge >= 0.3 is 5.97 Å². The first-order valence-corrected chi connectivity index (χ1v) is 14.0. The van der Waals surface area contributed by atoms with E-state index < -0.39 is 11.6 Å². The molecule has 0 aliphatic heterocycles. The molecule has 0 aliphatic carbocycles. The van der Waals surface area contributed by atoms with E-state index in [1.165, 1.54) is 0 Å². The summed E-state index contributed by atoms with van der Waals surface area (Å²) in [4.78, 5) is 26.8. The van der Waals surface area contributed by atoms with Crippen LogP contribution in [0.25, 0.3) is 0 Å². The maximum Gasteiger partial charge on any atom is 0.336 e. The van der Waals surface area contributed by atoms with Gasteiger partial charge in [-0.15, -0.1) is 0 Å². The van der Waals surface area contributed by atoms with Gasteiger partial charge in [0.1, 0.15) is 18.1 Å². The number of carboxylic acid groups (broad SMARTS) is 1. The summed E-state index contributed by atoms with van der Waals surface area (Å²) in [6, 6.07) is 25.0. The van der Waals surface area contributed by atoms with Gasteiger partial charge in [0.25, 0.3) is 5.91 Å². The predicted octanol–water partition coefficient (Wildman–Crippen LogP) is 6.29. The topological polar surface area (TPSA) is 85.3 Å². The Kier molecular flexibility index (Phi) is 12.0. The summed E-state index contributed by atoms with van der Waals surface area (Å²) >= 11 is 0. The number of benzene rings is 3. The second-order valence-electron chi connectivity index (χ2n) is 9.78. The highest BCUT2D eigenvalue weighted by Crippen LogP contribution is 2.24. The van der Waals surface area contributed by atoms with Gasteiger partial charge < -0.3 is 24.2 Å². The van der Waals surface area contributed by atoms with E-state index in [9.17, 15) is 14.7 Å². The van der Waals surface area contributed by atoms with E-state index in [0.29, 0.717) is 38.5 Å². The summed E-state index contributed by atoms with van der Waals surface area (Å²) in [7, 11) is 0. The molecular weight excluding hydrogens is 506 g/mol. The van der Waals surface area contributed by atoms with Crippen LogP contribution < -0.4 is 9.47 Å². The van der Waals surface area contributed by atoms with Gasteiger partial charge in [-0.3, -0.25) is 4.79 Å². The fourth-order valence-corrected chi connectivity index (χ4v) is 4.41. The highest BCUT2D eigenvalue weighted by molar-refractivity contribution is 5.78. The van der Waals surface area contributed by atoms with Crippen molar-refractivity contribution in [1.82, 2.24) is 4.90 Å². The maximum absolute atomic E-state index is 13.1. The Hall–Kier alpha value is -3.84. The van der Waals surface area contributed by atoms with E-state index in [0.717, 1.165) is 35.3 Å². The molecule has 0 unspecified atom stereocenters. The fraction of sp³-hybridized carbons (Fsp3) is 0.394. The van der Waals surface area contributed by atoms with Gasteiger partial charge in [0.05, 0.1) is 0 Å². The number of unbranched alkanes of at least 4 members (excludes halogenated alkanes) is 1. The lowest BCUT2D eigenvalue weighted by atomic mass is 9.91. The molecule has 1 N–H and O–H groups in total. The molecule has 0 fully saturated rings. The Morgan fingerprint density at radius 1 is 0.800 bits per heavy atom. The molecule has 0 heterocycles. The summed E-state index contributed by atoms with van der Waals surface area (Å²) in [5, 5.41) is 9.72. The van der Waals surface area contributed by atoms with Crippen molar-refractivity contribution in [3.63, 3.8) is 0 Å². The van der Waals surface area contributed by atoms with Gasteiger partial charge in [0.2, 0.25) is 0 Å². The number of carboxylic acids is 1. The first-order chi connectivity index (χ1) is 19.4. The number of amides is 1. The van der Waals surface area contributed by atoms with Gasteiger partial charge in [0, 0.05) is 26.1 Å². The van der Waals surface area contributed by atoms with Gasteiger partial charge in [-0.25, -0.2) is 4.79 Å². The van der Waals surface area contributed by atoms with Crippen LogP contribution in [-0.2, 0) is 33.9 Å². The number of hydrogen-bond acceptors (Lipinski definition) is 5. The van der Waals surface area contributed by atoms with E-state index in [1.54, 1.807) is 19.1 Å². The third-order valence-corrected chi connectivity index (χ3v) is 6.84. The lowest BCUT2D eigenvalue weighted by Crippen LogP contribution is -2.43. The number of nitrogens with zero attached hydrogens (tertiary/aromatic N) is 1. The zero-order valence-corrected chi connectivity index (χ0v) is 23.8. The first-order valence-electron chi connectivity index (χ1n) is 14.0. The molecule has 7 nitrogen and oxygen atoms in total. The number of rotatable bonds is 17. The molecule has 0 aliphatic rings. The Bertz CT molecular complexity index is 1180. The second kappa shape index (κ2) is 15.7. The zero-order valence-electron chi connectivity index (χ0n) is 23.8. The summed E-state index contributed by atoms with van der Waals surface area (Å²) < 4.78 is 17.3. The normalized spacial score (nSPS) is 12.4. The van der Waals surface area contributed by atoms with E-state index >= 15 is 0 Å². The van der Waals surface area contributed by atoms with Crippen molar-refractivity contribution in [2.24, 2.45) is 0 Å². The average Bonchev–Trinajstić information content (AvgIpc) is 2.98. The number of carbonyl (C=O) groups excluding carboxylic acids is 1. The first kappa shape index (κ1) is 30.7. The largest absolute Gasteiger partial charge is 0.489 e. The molecule has 0 spiro atoms. The van der Waals surface area contributed by atoms with Crippen LogP contribution in [0, 0.1) is 0 Å². The number of hydrogen-bond donors (Lipinski definition) is 1. The predicted molar refractivity (Wildman–Crippen MR) is 155 cm³/mol. The van der Waals surface area contributed by atoms with Crippen LogP contribution >= 0.6 is 0 Å². The lowest BCUT2D eigenvalue weighted by molar-refractivity contribution is -0.166. The monoisotopic (exact) mass is 547 g/mol. The summed E-state index contributed by atoms with van der Waals surface area (Å²) in [5.74, 6) is 0.284. The van der Waals surface area contributed by atoms with Crippen molar-refractivity contribution >= 4 is 11.9 Å². The number of ether oxygens (including phenoxy) is 3. The molecule has 0 radical (unpaired) electrons. The van der Waals surface area contributed by atoms with E-state index in [4.69, 9.17) is 14.2 Å². The van der Waals surface area contributed by atoms with Crippen LogP contribution in [0.4, 0.5) is 0 Å². The van der Waals surface area contributed by atoms with Gasteiger partial charge in [-0.2, -0.15) is 0 Å². The number of carbonyl (C=O) groups is 2. The van der Waals surface area contributed by atoms with E-state index in [2.05, 4.69) is 6.92 Å². The molecule has 0 saturated carbocycles.